The smallest absolute Gasteiger partial charge is 0.143 e. The lowest BCUT2D eigenvalue weighted by atomic mass is 10.2. The zero-order chi connectivity index (χ0) is 12.3. The van der Waals surface area contributed by atoms with Gasteiger partial charge in [-0.2, -0.15) is 5.10 Å². The summed E-state index contributed by atoms with van der Waals surface area (Å²) in [7, 11) is 1.89. The monoisotopic (exact) mass is 251 g/mol. The van der Waals surface area contributed by atoms with Gasteiger partial charge in [0.1, 0.15) is 5.75 Å². The Balaban J connectivity index is 1.91. The molecule has 0 fully saturated rings. The topological polar surface area (TPSA) is 53.1 Å². The molecule has 0 saturated heterocycles. The summed E-state index contributed by atoms with van der Waals surface area (Å²) in [4.78, 5) is 0. The Morgan fingerprint density at radius 1 is 1.47 bits per heavy atom. The lowest BCUT2D eigenvalue weighted by molar-refractivity contribution is 0.323. The molecule has 0 spiro atoms. The van der Waals surface area contributed by atoms with Crippen LogP contribution in [-0.2, 0) is 13.5 Å². The highest BCUT2D eigenvalue weighted by molar-refractivity contribution is 6.30. The molecule has 4 nitrogen and oxygen atoms in total. The molecule has 0 aliphatic rings. The number of rotatable bonds is 4. The molecular weight excluding hydrogens is 238 g/mol. The number of halogens is 1. The molecule has 0 saturated carbocycles. The van der Waals surface area contributed by atoms with Gasteiger partial charge in [0.15, 0.2) is 0 Å². The van der Waals surface area contributed by atoms with Crippen molar-refractivity contribution in [3.63, 3.8) is 0 Å². The van der Waals surface area contributed by atoms with Gasteiger partial charge in [-0.15, -0.1) is 0 Å². The van der Waals surface area contributed by atoms with Crippen molar-refractivity contribution in [3.8, 4) is 5.75 Å². The highest BCUT2D eigenvalue weighted by atomic mass is 35.5. The summed E-state index contributed by atoms with van der Waals surface area (Å²) in [6.45, 7) is 0.552. The van der Waals surface area contributed by atoms with Crippen LogP contribution < -0.4 is 10.5 Å². The van der Waals surface area contributed by atoms with Crippen LogP contribution in [0.5, 0.6) is 5.75 Å². The van der Waals surface area contributed by atoms with Crippen LogP contribution in [0.15, 0.2) is 30.6 Å². The molecule has 2 N–H and O–H groups in total. The maximum absolute atomic E-state index is 5.87. The number of benzene rings is 1. The molecule has 0 atom stereocenters. The number of aryl methyl sites for hydroxylation is 1. The van der Waals surface area contributed by atoms with Crippen molar-refractivity contribution < 1.29 is 4.74 Å². The fourth-order valence-electron chi connectivity index (χ4n) is 1.51. The van der Waals surface area contributed by atoms with Gasteiger partial charge in [-0.3, -0.25) is 4.68 Å². The van der Waals surface area contributed by atoms with Crippen LogP contribution in [0.4, 0.5) is 5.69 Å². The molecule has 17 heavy (non-hydrogen) atoms. The summed E-state index contributed by atoms with van der Waals surface area (Å²) in [6, 6.07) is 5.20. The van der Waals surface area contributed by atoms with Crippen molar-refractivity contribution >= 4 is 17.3 Å². The van der Waals surface area contributed by atoms with E-state index < -0.39 is 0 Å². The highest BCUT2D eigenvalue weighted by Crippen LogP contribution is 2.25. The molecule has 2 rings (SSSR count). The largest absolute Gasteiger partial charge is 0.491 e. The quantitative estimate of drug-likeness (QED) is 0.849. The van der Waals surface area contributed by atoms with Crippen LogP contribution >= 0.6 is 11.6 Å². The van der Waals surface area contributed by atoms with Crippen molar-refractivity contribution in [2.75, 3.05) is 12.3 Å². The number of aromatic nitrogens is 2. The van der Waals surface area contributed by atoms with E-state index in [9.17, 15) is 0 Å². The molecule has 1 aromatic heterocycles. The Kier molecular flexibility index (Phi) is 3.54. The molecule has 0 amide bonds. The van der Waals surface area contributed by atoms with Gasteiger partial charge in [0.05, 0.1) is 18.5 Å². The van der Waals surface area contributed by atoms with Crippen molar-refractivity contribution in [2.45, 2.75) is 6.42 Å². The SMILES string of the molecule is Cn1cc(CCOc2cc(Cl)ccc2N)cn1. The van der Waals surface area contributed by atoms with Gasteiger partial charge in [0, 0.05) is 30.8 Å². The van der Waals surface area contributed by atoms with Gasteiger partial charge in [-0.1, -0.05) is 11.6 Å². The minimum absolute atomic E-state index is 0.552. The molecule has 0 bridgehead atoms. The van der Waals surface area contributed by atoms with Crippen molar-refractivity contribution in [1.29, 1.82) is 0 Å². The molecule has 2 aromatic rings. The molecule has 0 aliphatic heterocycles. The van der Waals surface area contributed by atoms with Crippen LogP contribution in [0, 0.1) is 0 Å². The van der Waals surface area contributed by atoms with E-state index in [0.717, 1.165) is 12.0 Å². The third kappa shape index (κ3) is 3.14. The summed E-state index contributed by atoms with van der Waals surface area (Å²) in [5, 5.41) is 4.71. The zero-order valence-electron chi connectivity index (χ0n) is 9.56. The number of nitrogens with two attached hydrogens (primary N) is 1. The summed E-state index contributed by atoms with van der Waals surface area (Å²) < 4.78 is 7.35. The Morgan fingerprint density at radius 2 is 2.29 bits per heavy atom. The van der Waals surface area contributed by atoms with E-state index in [1.165, 1.54) is 0 Å². The first-order valence-electron chi connectivity index (χ1n) is 5.30. The summed E-state index contributed by atoms with van der Waals surface area (Å²) in [5.74, 6) is 0.626. The predicted octanol–water partition coefficient (Wildman–Crippen LogP) is 2.28. The maximum Gasteiger partial charge on any atom is 0.143 e. The van der Waals surface area contributed by atoms with E-state index >= 15 is 0 Å². The Bertz CT molecular complexity index is 510. The van der Waals surface area contributed by atoms with Crippen LogP contribution in [-0.4, -0.2) is 16.4 Å². The van der Waals surface area contributed by atoms with Crippen LogP contribution in [0.25, 0.3) is 0 Å². The van der Waals surface area contributed by atoms with Crippen LogP contribution in [0.1, 0.15) is 5.56 Å². The van der Waals surface area contributed by atoms with E-state index in [1.54, 1.807) is 22.9 Å². The standard InChI is InChI=1S/C12H14ClN3O/c1-16-8-9(7-15-16)4-5-17-12-6-10(13)2-3-11(12)14/h2-3,6-8H,4-5,14H2,1H3. The number of nitrogens with zero attached hydrogens (tertiary/aromatic N) is 2. The fourth-order valence-corrected chi connectivity index (χ4v) is 1.68. The van der Waals surface area contributed by atoms with E-state index in [0.29, 0.717) is 23.1 Å². The third-order valence-corrected chi connectivity index (χ3v) is 2.62. The molecule has 1 heterocycles. The number of hydrogen-bond acceptors (Lipinski definition) is 3. The van der Waals surface area contributed by atoms with Crippen molar-refractivity contribution in [3.05, 3.63) is 41.2 Å². The van der Waals surface area contributed by atoms with Crippen molar-refractivity contribution in [1.82, 2.24) is 9.78 Å². The number of ether oxygens (including phenoxy) is 1. The highest BCUT2D eigenvalue weighted by Gasteiger charge is 2.02. The second-order valence-corrected chi connectivity index (χ2v) is 4.24. The van der Waals surface area contributed by atoms with Crippen LogP contribution in [0.3, 0.4) is 0 Å². The number of anilines is 1. The van der Waals surface area contributed by atoms with Gasteiger partial charge < -0.3 is 10.5 Å². The van der Waals surface area contributed by atoms with Crippen LogP contribution in [0.2, 0.25) is 5.02 Å². The predicted molar refractivity (Wildman–Crippen MR) is 68.3 cm³/mol. The molecule has 90 valence electrons. The molecule has 0 radical (unpaired) electrons. The van der Waals surface area contributed by atoms with Crippen molar-refractivity contribution in [2.24, 2.45) is 7.05 Å². The Hall–Kier alpha value is -1.68. The van der Waals surface area contributed by atoms with Gasteiger partial charge >= 0.3 is 0 Å². The minimum Gasteiger partial charge on any atom is -0.491 e. The molecule has 5 heteroatoms. The number of hydrogen-bond donors (Lipinski definition) is 1. The number of nitrogen functional groups attached to an aromatic ring is 1. The van der Waals surface area contributed by atoms with Gasteiger partial charge in [0.25, 0.3) is 0 Å². The molecular formula is C12H14ClN3O. The Morgan fingerprint density at radius 3 is 3.00 bits per heavy atom. The fraction of sp³-hybridized carbons (Fsp3) is 0.250. The molecule has 1 aromatic carbocycles. The Labute approximate surface area is 105 Å². The summed E-state index contributed by atoms with van der Waals surface area (Å²) in [5.41, 5.74) is 7.50. The van der Waals surface area contributed by atoms with Gasteiger partial charge in [-0.05, 0) is 17.7 Å². The lowest BCUT2D eigenvalue weighted by Gasteiger charge is -2.08. The van der Waals surface area contributed by atoms with Gasteiger partial charge in [0.2, 0.25) is 0 Å². The first-order valence-corrected chi connectivity index (χ1v) is 5.68. The van der Waals surface area contributed by atoms with E-state index in [1.807, 2.05) is 19.4 Å². The lowest BCUT2D eigenvalue weighted by Crippen LogP contribution is -2.03. The zero-order valence-corrected chi connectivity index (χ0v) is 10.3. The van der Waals surface area contributed by atoms with E-state index in [2.05, 4.69) is 5.10 Å². The third-order valence-electron chi connectivity index (χ3n) is 2.38. The minimum atomic E-state index is 0.552. The van der Waals surface area contributed by atoms with E-state index in [4.69, 9.17) is 22.1 Å². The summed E-state index contributed by atoms with van der Waals surface area (Å²) in [6.07, 6.45) is 4.58. The van der Waals surface area contributed by atoms with E-state index in [-0.39, 0.29) is 0 Å². The average molecular weight is 252 g/mol. The average Bonchev–Trinajstić information content (AvgIpc) is 2.69. The maximum atomic E-state index is 5.87. The first-order chi connectivity index (χ1) is 8.15. The molecule has 0 unspecified atom stereocenters. The normalized spacial score (nSPS) is 10.5. The second kappa shape index (κ2) is 5.10. The first kappa shape index (κ1) is 11.8. The summed E-state index contributed by atoms with van der Waals surface area (Å²) >= 11 is 5.87. The second-order valence-electron chi connectivity index (χ2n) is 3.80. The van der Waals surface area contributed by atoms with Gasteiger partial charge in [-0.25, -0.2) is 0 Å². The molecule has 0 aliphatic carbocycles.